The van der Waals surface area contributed by atoms with Crippen LogP contribution in [0.3, 0.4) is 0 Å². The molecule has 0 saturated carbocycles. The van der Waals surface area contributed by atoms with E-state index in [-0.39, 0.29) is 5.91 Å². The summed E-state index contributed by atoms with van der Waals surface area (Å²) in [4.78, 5) is 10.7. The maximum absolute atomic E-state index is 10.7. The Balaban J connectivity index is 2.59. The van der Waals surface area contributed by atoms with E-state index in [1.807, 2.05) is 6.92 Å². The van der Waals surface area contributed by atoms with Crippen LogP contribution in [0.15, 0.2) is 11.8 Å². The number of hydrogen-bond acceptors (Lipinski definition) is 2. The molecule has 0 aromatic heterocycles. The summed E-state index contributed by atoms with van der Waals surface area (Å²) >= 11 is 0. The molecule has 0 saturated heterocycles. The van der Waals surface area contributed by atoms with E-state index >= 15 is 0 Å². The Hall–Kier alpha value is -0.990. The second-order valence-electron chi connectivity index (χ2n) is 2.05. The average Bonchev–Trinajstić information content (AvgIpc) is 1.93. The topological polar surface area (TPSA) is 41.1 Å². The zero-order valence-electron chi connectivity index (χ0n) is 5.40. The molecule has 0 aromatic rings. The molecule has 1 aliphatic heterocycles. The summed E-state index contributed by atoms with van der Waals surface area (Å²) in [6.07, 6.45) is 1.56. The molecule has 1 amide bonds. The number of rotatable bonds is 0. The van der Waals surface area contributed by atoms with Crippen LogP contribution in [0, 0.1) is 0 Å². The highest BCUT2D eigenvalue weighted by Gasteiger charge is 2.00. The molecule has 0 bridgehead atoms. The van der Waals surface area contributed by atoms with Gasteiger partial charge in [-0.2, -0.15) is 0 Å². The van der Waals surface area contributed by atoms with Gasteiger partial charge in [0, 0.05) is 24.9 Å². The number of nitrogens with one attached hydrogen (secondary N) is 2. The summed E-state index contributed by atoms with van der Waals surface area (Å²) in [6, 6.07) is 0. The van der Waals surface area contributed by atoms with Crippen LogP contribution < -0.4 is 10.6 Å². The molecular weight excluding hydrogens is 116 g/mol. The molecule has 0 aromatic carbocycles. The second-order valence-corrected chi connectivity index (χ2v) is 2.05. The lowest BCUT2D eigenvalue weighted by Gasteiger charge is -1.98. The molecule has 9 heavy (non-hydrogen) atoms. The third-order valence-corrected chi connectivity index (χ3v) is 1.18. The van der Waals surface area contributed by atoms with Crippen molar-refractivity contribution in [3.8, 4) is 0 Å². The minimum absolute atomic E-state index is 0.00231. The first-order valence-electron chi connectivity index (χ1n) is 2.99. The summed E-state index contributed by atoms with van der Waals surface area (Å²) in [5, 5.41) is 5.75. The smallest absolute Gasteiger partial charge is 0.245 e. The van der Waals surface area contributed by atoms with Crippen molar-refractivity contribution >= 4 is 5.91 Å². The molecule has 3 nitrogen and oxygen atoms in total. The van der Waals surface area contributed by atoms with Crippen molar-refractivity contribution in [1.82, 2.24) is 10.6 Å². The fourth-order valence-electron chi connectivity index (χ4n) is 0.744. The van der Waals surface area contributed by atoms with Gasteiger partial charge in [0.2, 0.25) is 5.91 Å². The third-order valence-electron chi connectivity index (χ3n) is 1.18. The monoisotopic (exact) mass is 126 g/mol. The lowest BCUT2D eigenvalue weighted by molar-refractivity contribution is -0.116. The summed E-state index contributed by atoms with van der Waals surface area (Å²) in [7, 11) is 0. The molecule has 3 heteroatoms. The molecule has 1 heterocycles. The summed E-state index contributed by atoms with van der Waals surface area (Å²) < 4.78 is 0. The van der Waals surface area contributed by atoms with Gasteiger partial charge in [0.15, 0.2) is 0 Å². The van der Waals surface area contributed by atoms with E-state index in [4.69, 9.17) is 0 Å². The maximum atomic E-state index is 10.7. The van der Waals surface area contributed by atoms with E-state index in [1.165, 1.54) is 0 Å². The Morgan fingerprint density at radius 3 is 2.89 bits per heavy atom. The molecule has 0 fully saturated rings. The van der Waals surface area contributed by atoms with Gasteiger partial charge in [-0.05, 0) is 6.92 Å². The van der Waals surface area contributed by atoms with Crippen molar-refractivity contribution in [1.29, 1.82) is 0 Å². The van der Waals surface area contributed by atoms with Crippen molar-refractivity contribution < 1.29 is 4.79 Å². The Bertz CT molecular complexity index is 151. The summed E-state index contributed by atoms with van der Waals surface area (Å²) in [5.41, 5.74) is 0.935. The van der Waals surface area contributed by atoms with Crippen LogP contribution in [-0.2, 0) is 4.79 Å². The first-order chi connectivity index (χ1) is 4.29. The van der Waals surface area contributed by atoms with Gasteiger partial charge in [-0.15, -0.1) is 0 Å². The Kier molecular flexibility index (Phi) is 1.72. The normalized spacial score (nSPS) is 19.2. The summed E-state index contributed by atoms with van der Waals surface area (Å²) in [6.45, 7) is 3.42. The molecule has 0 spiro atoms. The zero-order valence-corrected chi connectivity index (χ0v) is 5.40. The van der Waals surface area contributed by atoms with Crippen molar-refractivity contribution in [2.75, 3.05) is 13.1 Å². The van der Waals surface area contributed by atoms with E-state index in [0.29, 0.717) is 6.54 Å². The van der Waals surface area contributed by atoms with Crippen LogP contribution in [-0.4, -0.2) is 19.0 Å². The Labute approximate surface area is 54.1 Å². The number of amides is 1. The molecule has 1 rings (SSSR count). The van der Waals surface area contributed by atoms with Crippen LogP contribution in [0.2, 0.25) is 0 Å². The minimum Gasteiger partial charge on any atom is -0.387 e. The third kappa shape index (κ3) is 1.76. The molecule has 0 atom stereocenters. The predicted molar refractivity (Wildman–Crippen MR) is 34.8 cm³/mol. The second kappa shape index (κ2) is 2.53. The lowest BCUT2D eigenvalue weighted by Crippen LogP contribution is -2.25. The Morgan fingerprint density at radius 2 is 2.11 bits per heavy atom. The highest BCUT2D eigenvalue weighted by Crippen LogP contribution is 1.87. The lowest BCUT2D eigenvalue weighted by atomic mass is 10.4. The van der Waals surface area contributed by atoms with Gasteiger partial charge in [-0.3, -0.25) is 4.79 Å². The number of hydrogen-bond donors (Lipinski definition) is 2. The number of carbonyl (C=O) groups excluding carboxylic acids is 1. The molecule has 0 radical (unpaired) electrons. The van der Waals surface area contributed by atoms with Gasteiger partial charge >= 0.3 is 0 Å². The quantitative estimate of drug-likeness (QED) is 0.464. The van der Waals surface area contributed by atoms with Crippen molar-refractivity contribution in [3.63, 3.8) is 0 Å². The van der Waals surface area contributed by atoms with E-state index < -0.39 is 0 Å². The SMILES string of the molecule is CC1=CC(=O)NCCN1. The summed E-state index contributed by atoms with van der Waals surface area (Å²) in [5.74, 6) is -0.00231. The highest BCUT2D eigenvalue weighted by atomic mass is 16.1. The van der Waals surface area contributed by atoms with E-state index in [9.17, 15) is 4.79 Å². The van der Waals surface area contributed by atoms with Gasteiger partial charge in [-0.1, -0.05) is 0 Å². The van der Waals surface area contributed by atoms with Gasteiger partial charge < -0.3 is 10.6 Å². The maximum Gasteiger partial charge on any atom is 0.245 e. The standard InChI is InChI=1S/C6H10N2O/c1-5-4-6(9)8-3-2-7-5/h4,7H,2-3H2,1H3,(H,8,9). The first-order valence-corrected chi connectivity index (χ1v) is 2.99. The zero-order chi connectivity index (χ0) is 6.69. The van der Waals surface area contributed by atoms with Crippen molar-refractivity contribution in [3.05, 3.63) is 11.8 Å². The predicted octanol–water partition coefficient (Wildman–Crippen LogP) is -0.390. The largest absolute Gasteiger partial charge is 0.387 e. The van der Waals surface area contributed by atoms with Gasteiger partial charge in [0.25, 0.3) is 0 Å². The molecular formula is C6H10N2O. The van der Waals surface area contributed by atoms with Gasteiger partial charge in [0.05, 0.1) is 0 Å². The van der Waals surface area contributed by atoms with Crippen LogP contribution in [0.4, 0.5) is 0 Å². The van der Waals surface area contributed by atoms with Crippen molar-refractivity contribution in [2.24, 2.45) is 0 Å². The van der Waals surface area contributed by atoms with Gasteiger partial charge in [-0.25, -0.2) is 0 Å². The molecule has 50 valence electrons. The molecule has 0 unspecified atom stereocenters. The van der Waals surface area contributed by atoms with Crippen LogP contribution in [0.25, 0.3) is 0 Å². The highest BCUT2D eigenvalue weighted by molar-refractivity contribution is 5.88. The minimum atomic E-state index is -0.00231. The fraction of sp³-hybridized carbons (Fsp3) is 0.500. The van der Waals surface area contributed by atoms with Crippen molar-refractivity contribution in [2.45, 2.75) is 6.92 Å². The Morgan fingerprint density at radius 1 is 1.44 bits per heavy atom. The fourth-order valence-corrected chi connectivity index (χ4v) is 0.744. The van der Waals surface area contributed by atoms with Crippen LogP contribution >= 0.6 is 0 Å². The first kappa shape index (κ1) is 6.13. The van der Waals surface area contributed by atoms with E-state index in [2.05, 4.69) is 10.6 Å². The molecule has 1 aliphatic rings. The number of allylic oxidation sites excluding steroid dienone is 1. The average molecular weight is 126 g/mol. The number of carbonyl (C=O) groups is 1. The van der Waals surface area contributed by atoms with Gasteiger partial charge in [0.1, 0.15) is 0 Å². The van der Waals surface area contributed by atoms with E-state index in [0.717, 1.165) is 12.2 Å². The van der Waals surface area contributed by atoms with E-state index in [1.54, 1.807) is 6.08 Å². The molecule has 0 aliphatic carbocycles. The van der Waals surface area contributed by atoms with Crippen LogP contribution in [0.5, 0.6) is 0 Å². The van der Waals surface area contributed by atoms with Crippen LogP contribution in [0.1, 0.15) is 6.92 Å². The molecule has 2 N–H and O–H groups in total.